The number of carbonyl (C=O) groups is 1. The predicted octanol–water partition coefficient (Wildman–Crippen LogP) is 3.25. The van der Waals surface area contributed by atoms with Crippen LogP contribution < -0.4 is 15.5 Å². The number of hydrogen-bond acceptors (Lipinski definition) is 6. The van der Waals surface area contributed by atoms with E-state index in [2.05, 4.69) is 25.8 Å². The molecule has 1 saturated heterocycles. The van der Waals surface area contributed by atoms with Crippen molar-refractivity contribution in [3.8, 4) is 0 Å². The zero-order valence-electron chi connectivity index (χ0n) is 15.9. The minimum absolute atomic E-state index is 0.211. The van der Waals surface area contributed by atoms with Gasteiger partial charge in [-0.2, -0.15) is 0 Å². The van der Waals surface area contributed by atoms with Crippen LogP contribution in [0.1, 0.15) is 0 Å². The first-order chi connectivity index (χ1) is 14.6. The highest BCUT2D eigenvalue weighted by Gasteiger charge is 2.22. The molecule has 0 unspecified atom stereocenters. The van der Waals surface area contributed by atoms with Crippen LogP contribution in [0.2, 0.25) is 0 Å². The fraction of sp³-hybridized carbons (Fsp3) is 0.200. The average Bonchev–Trinajstić information content (AvgIpc) is 2.78. The minimum atomic E-state index is -1.00. The van der Waals surface area contributed by atoms with E-state index in [1.807, 2.05) is 35.2 Å². The molecule has 30 heavy (non-hydrogen) atoms. The van der Waals surface area contributed by atoms with Gasteiger partial charge in [0.2, 0.25) is 0 Å². The molecule has 1 aromatic carbocycles. The lowest BCUT2D eigenvalue weighted by atomic mass is 10.3. The maximum Gasteiger partial charge on any atom is 0.321 e. The van der Waals surface area contributed by atoms with Crippen molar-refractivity contribution in [3.63, 3.8) is 0 Å². The Morgan fingerprint density at radius 1 is 0.900 bits per heavy atom. The van der Waals surface area contributed by atoms with E-state index in [1.165, 1.54) is 6.07 Å². The summed E-state index contributed by atoms with van der Waals surface area (Å²) in [5.41, 5.74) is 0.211. The minimum Gasteiger partial charge on any atom is -0.352 e. The molecule has 0 saturated carbocycles. The van der Waals surface area contributed by atoms with E-state index in [4.69, 9.17) is 0 Å². The molecule has 3 heterocycles. The van der Waals surface area contributed by atoms with Gasteiger partial charge in [0.15, 0.2) is 23.3 Å². The lowest BCUT2D eigenvalue weighted by molar-refractivity contribution is 0.208. The molecule has 1 aliphatic rings. The van der Waals surface area contributed by atoms with Crippen LogP contribution in [0.15, 0.2) is 54.7 Å². The van der Waals surface area contributed by atoms with Gasteiger partial charge in [-0.1, -0.05) is 6.07 Å². The number of piperazine rings is 1. The van der Waals surface area contributed by atoms with Crippen molar-refractivity contribution in [2.24, 2.45) is 0 Å². The lowest BCUT2D eigenvalue weighted by Gasteiger charge is -2.35. The molecule has 2 amide bonds. The van der Waals surface area contributed by atoms with Gasteiger partial charge in [0.25, 0.3) is 0 Å². The van der Waals surface area contributed by atoms with Gasteiger partial charge in [-0.3, -0.25) is 0 Å². The van der Waals surface area contributed by atoms with Crippen LogP contribution in [0.25, 0.3) is 0 Å². The molecule has 4 rings (SSSR count). The number of benzene rings is 1. The number of rotatable bonds is 4. The number of carbonyl (C=O) groups excluding carboxylic acids is 1. The molecule has 0 bridgehead atoms. The van der Waals surface area contributed by atoms with Crippen molar-refractivity contribution >= 4 is 29.2 Å². The molecule has 154 valence electrons. The molecule has 2 N–H and O–H groups in total. The van der Waals surface area contributed by atoms with Gasteiger partial charge in [0.05, 0.1) is 0 Å². The summed E-state index contributed by atoms with van der Waals surface area (Å²) in [7, 11) is 0. The van der Waals surface area contributed by atoms with E-state index >= 15 is 0 Å². The van der Waals surface area contributed by atoms with Crippen LogP contribution in [0, 0.1) is 11.6 Å². The summed E-state index contributed by atoms with van der Waals surface area (Å²) in [6.07, 6.45) is 1.69. The molecular formula is C20H19F2N7O. The summed E-state index contributed by atoms with van der Waals surface area (Å²) in [6.45, 7) is 2.08. The zero-order valence-corrected chi connectivity index (χ0v) is 15.9. The number of pyridine rings is 1. The number of hydrogen-bond donors (Lipinski definition) is 2. The number of nitrogens with zero attached hydrogens (tertiary/aromatic N) is 5. The summed E-state index contributed by atoms with van der Waals surface area (Å²) in [4.78, 5) is 20.2. The molecule has 0 spiro atoms. The van der Waals surface area contributed by atoms with Crippen LogP contribution in [0.3, 0.4) is 0 Å². The molecule has 8 nitrogen and oxygen atoms in total. The summed E-state index contributed by atoms with van der Waals surface area (Å²) < 4.78 is 26.3. The third-order valence-corrected chi connectivity index (χ3v) is 4.63. The number of anilines is 4. The summed E-state index contributed by atoms with van der Waals surface area (Å²) >= 11 is 0. The zero-order chi connectivity index (χ0) is 20.9. The van der Waals surface area contributed by atoms with Crippen molar-refractivity contribution in [2.45, 2.75) is 0 Å². The monoisotopic (exact) mass is 411 g/mol. The number of urea groups is 1. The third-order valence-electron chi connectivity index (χ3n) is 4.63. The van der Waals surface area contributed by atoms with Gasteiger partial charge in [-0.05, 0) is 36.4 Å². The van der Waals surface area contributed by atoms with E-state index in [0.29, 0.717) is 43.6 Å². The predicted molar refractivity (Wildman–Crippen MR) is 109 cm³/mol. The van der Waals surface area contributed by atoms with E-state index in [0.717, 1.165) is 12.1 Å². The highest BCUT2D eigenvalue weighted by molar-refractivity contribution is 5.89. The standard InChI is InChI=1S/C20H19F2N7O/c21-15-5-4-14(13-16(15)22)24-20(30)29-11-9-28(10-12-29)19-7-6-18(26-27-19)25-17-3-1-2-8-23-17/h1-8,13H,9-12H2,(H,24,30)(H,23,25,26). The Balaban J connectivity index is 1.30. The first-order valence-corrected chi connectivity index (χ1v) is 9.36. The number of amides is 2. The van der Waals surface area contributed by atoms with E-state index < -0.39 is 11.6 Å². The maximum atomic E-state index is 13.3. The van der Waals surface area contributed by atoms with Crippen LogP contribution in [-0.4, -0.2) is 52.3 Å². The van der Waals surface area contributed by atoms with E-state index in [9.17, 15) is 13.6 Å². The molecule has 10 heteroatoms. The maximum absolute atomic E-state index is 13.3. The average molecular weight is 411 g/mol. The fourth-order valence-electron chi connectivity index (χ4n) is 3.04. The van der Waals surface area contributed by atoms with Gasteiger partial charge in [-0.15, -0.1) is 10.2 Å². The van der Waals surface area contributed by atoms with Crippen molar-refractivity contribution in [3.05, 3.63) is 66.4 Å². The molecule has 1 fully saturated rings. The Morgan fingerprint density at radius 3 is 2.40 bits per heavy atom. The molecule has 1 aliphatic heterocycles. The highest BCUT2D eigenvalue weighted by atomic mass is 19.2. The molecule has 3 aromatic rings. The van der Waals surface area contributed by atoms with E-state index in [1.54, 1.807) is 11.1 Å². The Morgan fingerprint density at radius 2 is 1.73 bits per heavy atom. The molecule has 0 atom stereocenters. The van der Waals surface area contributed by atoms with Crippen molar-refractivity contribution in [1.82, 2.24) is 20.1 Å². The summed E-state index contributed by atoms with van der Waals surface area (Å²) in [5.74, 6) is 0.0191. The first-order valence-electron chi connectivity index (χ1n) is 9.36. The van der Waals surface area contributed by atoms with Gasteiger partial charge >= 0.3 is 6.03 Å². The van der Waals surface area contributed by atoms with Crippen molar-refractivity contribution in [1.29, 1.82) is 0 Å². The van der Waals surface area contributed by atoms with Gasteiger partial charge in [0.1, 0.15) is 5.82 Å². The number of nitrogens with one attached hydrogen (secondary N) is 2. The van der Waals surface area contributed by atoms with Crippen LogP contribution in [0.4, 0.5) is 36.7 Å². The molecule has 2 aromatic heterocycles. The van der Waals surface area contributed by atoms with Crippen LogP contribution in [0.5, 0.6) is 0 Å². The second kappa shape index (κ2) is 8.68. The normalized spacial score (nSPS) is 13.8. The fourth-order valence-corrected chi connectivity index (χ4v) is 3.04. The Kier molecular flexibility index (Phi) is 5.64. The smallest absolute Gasteiger partial charge is 0.321 e. The van der Waals surface area contributed by atoms with Crippen LogP contribution in [-0.2, 0) is 0 Å². The Labute approximate surface area is 171 Å². The summed E-state index contributed by atoms with van der Waals surface area (Å²) in [5, 5.41) is 14.1. The van der Waals surface area contributed by atoms with Gasteiger partial charge in [-0.25, -0.2) is 18.6 Å². The molecular weight excluding hydrogens is 392 g/mol. The highest BCUT2D eigenvalue weighted by Crippen LogP contribution is 2.18. The van der Waals surface area contributed by atoms with Crippen molar-refractivity contribution < 1.29 is 13.6 Å². The second-order valence-corrected chi connectivity index (χ2v) is 6.65. The molecule has 0 radical (unpaired) electrons. The third kappa shape index (κ3) is 4.59. The van der Waals surface area contributed by atoms with Gasteiger partial charge < -0.3 is 20.4 Å². The van der Waals surface area contributed by atoms with Crippen molar-refractivity contribution in [2.75, 3.05) is 41.7 Å². The first kappa shape index (κ1) is 19.5. The quantitative estimate of drug-likeness (QED) is 0.686. The Bertz CT molecular complexity index is 1010. The Hall–Kier alpha value is -3.82. The lowest BCUT2D eigenvalue weighted by Crippen LogP contribution is -2.50. The van der Waals surface area contributed by atoms with E-state index in [-0.39, 0.29) is 11.7 Å². The number of aromatic nitrogens is 3. The number of halogens is 2. The van der Waals surface area contributed by atoms with Crippen LogP contribution >= 0.6 is 0 Å². The summed E-state index contributed by atoms with van der Waals surface area (Å²) in [6, 6.07) is 12.1. The molecule has 0 aliphatic carbocycles. The van der Waals surface area contributed by atoms with Gasteiger partial charge in [0, 0.05) is 44.1 Å². The SMILES string of the molecule is O=C(Nc1ccc(F)c(F)c1)N1CCN(c2ccc(Nc3ccccn3)nn2)CC1. The largest absolute Gasteiger partial charge is 0.352 e. The topological polar surface area (TPSA) is 86.3 Å². The second-order valence-electron chi connectivity index (χ2n) is 6.65.